The van der Waals surface area contributed by atoms with Gasteiger partial charge in [-0.25, -0.2) is 0 Å². The molecule has 3 heteroatoms. The van der Waals surface area contributed by atoms with Crippen molar-refractivity contribution < 1.29 is 0 Å². The maximum atomic E-state index is 2.44. The molecule has 0 amide bonds. The number of nitrogens with zero attached hydrogens (tertiary/aromatic N) is 2. The van der Waals surface area contributed by atoms with Crippen LogP contribution in [0.5, 0.6) is 0 Å². The van der Waals surface area contributed by atoms with E-state index in [-0.39, 0.29) is 5.41 Å². The van der Waals surface area contributed by atoms with Crippen LogP contribution in [0.4, 0.5) is 17.1 Å². The molecule has 0 radical (unpaired) electrons. The molecule has 284 valence electrons. The molecule has 0 fully saturated rings. The van der Waals surface area contributed by atoms with Crippen molar-refractivity contribution in [3.05, 3.63) is 217 Å². The Hall–Kier alpha value is -7.20. The van der Waals surface area contributed by atoms with Crippen molar-refractivity contribution in [1.29, 1.82) is 0 Å². The van der Waals surface area contributed by atoms with Gasteiger partial charge in [0.05, 0.1) is 11.0 Å². The van der Waals surface area contributed by atoms with Crippen LogP contribution in [0.2, 0.25) is 0 Å². The van der Waals surface area contributed by atoms with Crippen molar-refractivity contribution in [3.8, 4) is 39.1 Å². The highest BCUT2D eigenvalue weighted by atomic mass is 32.1. The highest BCUT2D eigenvalue weighted by Crippen LogP contribution is 2.51. The predicted octanol–water partition coefficient (Wildman–Crippen LogP) is 16.3. The molecule has 0 unspecified atom stereocenters. The number of hydrogen-bond acceptors (Lipinski definition) is 2. The third-order valence-corrected chi connectivity index (χ3v) is 13.9. The van der Waals surface area contributed by atoms with Crippen molar-refractivity contribution in [1.82, 2.24) is 4.57 Å². The average Bonchev–Trinajstić information content (AvgIpc) is 3.91. The van der Waals surface area contributed by atoms with Crippen LogP contribution in [0.25, 0.3) is 81.0 Å². The molecule has 0 atom stereocenters. The fraction of sp³-hybridized carbons (Fsp3) is 0.0526. The molecule has 0 aliphatic heterocycles. The quantitative estimate of drug-likeness (QED) is 0.163. The van der Waals surface area contributed by atoms with Gasteiger partial charge in [0.2, 0.25) is 0 Å². The molecule has 0 N–H and O–H groups in total. The molecule has 0 bridgehead atoms. The van der Waals surface area contributed by atoms with E-state index in [1.807, 2.05) is 11.3 Å². The third-order valence-electron chi connectivity index (χ3n) is 12.8. The normalized spacial score (nSPS) is 13.0. The fourth-order valence-corrected chi connectivity index (χ4v) is 11.0. The molecule has 12 rings (SSSR count). The zero-order chi connectivity index (χ0) is 40.0. The second-order valence-corrected chi connectivity index (χ2v) is 17.6. The Kier molecular flexibility index (Phi) is 7.79. The van der Waals surface area contributed by atoms with Gasteiger partial charge in [0.1, 0.15) is 0 Å². The van der Waals surface area contributed by atoms with Crippen LogP contribution in [0, 0.1) is 0 Å². The van der Waals surface area contributed by atoms with E-state index < -0.39 is 0 Å². The number of benzene rings is 9. The largest absolute Gasteiger partial charge is 0.310 e. The molecule has 0 saturated carbocycles. The summed E-state index contributed by atoms with van der Waals surface area (Å²) in [6, 6.07) is 76.0. The summed E-state index contributed by atoms with van der Waals surface area (Å²) in [4.78, 5) is 2.44. The predicted molar refractivity (Wildman–Crippen MR) is 257 cm³/mol. The molecule has 11 aromatic rings. The standard InChI is InChI=1S/C57H40N2S/c1-57(2)51-19-11-9-17-45(51)46-29-26-42(34-52(46)57)58(41-24-21-39(22-25-41)37-13-5-3-6-14-37)43-27-30-48-49-31-28-44(36-56(49)60-55(48)35-43)59-53-20-12-10-18-47(53)50-33-40(23-32-54(50)59)38-15-7-4-8-16-38/h3-36H,1-2H3. The first-order chi connectivity index (χ1) is 29.5. The summed E-state index contributed by atoms with van der Waals surface area (Å²) >= 11 is 1.88. The first-order valence-electron chi connectivity index (χ1n) is 20.7. The van der Waals surface area contributed by atoms with Crippen molar-refractivity contribution in [2.45, 2.75) is 19.3 Å². The van der Waals surface area contributed by atoms with Gasteiger partial charge in [0.15, 0.2) is 0 Å². The van der Waals surface area contributed by atoms with Gasteiger partial charge in [0, 0.05) is 59.1 Å². The van der Waals surface area contributed by atoms with Gasteiger partial charge < -0.3 is 9.47 Å². The summed E-state index contributed by atoms with van der Waals surface area (Å²) in [5.74, 6) is 0. The van der Waals surface area contributed by atoms with Gasteiger partial charge in [-0.1, -0.05) is 153 Å². The van der Waals surface area contributed by atoms with Crippen LogP contribution in [0.1, 0.15) is 25.0 Å². The molecular weight excluding hydrogens is 745 g/mol. The van der Waals surface area contributed by atoms with Gasteiger partial charge >= 0.3 is 0 Å². The molecule has 9 aromatic carbocycles. The number of thiophene rings is 1. The SMILES string of the molecule is CC1(C)c2ccccc2-c2ccc(N(c3ccc(-c4ccccc4)cc3)c3ccc4c(c3)sc3cc(-n5c6ccccc6c6cc(-c7ccccc7)ccc65)ccc34)cc21. The third kappa shape index (κ3) is 5.40. The number of para-hydroxylation sites is 1. The fourth-order valence-electron chi connectivity index (χ4n) is 9.81. The maximum Gasteiger partial charge on any atom is 0.0541 e. The second kappa shape index (κ2) is 13.4. The Morgan fingerprint density at radius 2 is 0.950 bits per heavy atom. The van der Waals surface area contributed by atoms with Crippen LogP contribution >= 0.6 is 11.3 Å². The van der Waals surface area contributed by atoms with E-state index in [1.54, 1.807) is 0 Å². The molecule has 0 spiro atoms. The first kappa shape index (κ1) is 34.8. The summed E-state index contributed by atoms with van der Waals surface area (Å²) in [6.07, 6.45) is 0. The average molecular weight is 785 g/mol. The Balaban J connectivity index is 0.986. The highest BCUT2D eigenvalue weighted by Gasteiger charge is 2.35. The molecular formula is C57H40N2S. The maximum absolute atomic E-state index is 2.44. The molecule has 0 saturated heterocycles. The number of rotatable bonds is 6. The number of aromatic nitrogens is 1. The lowest BCUT2D eigenvalue weighted by atomic mass is 9.82. The van der Waals surface area contributed by atoms with Gasteiger partial charge in [-0.15, -0.1) is 11.3 Å². The van der Waals surface area contributed by atoms with E-state index in [9.17, 15) is 0 Å². The van der Waals surface area contributed by atoms with Crippen molar-refractivity contribution in [2.75, 3.05) is 4.90 Å². The van der Waals surface area contributed by atoms with Crippen LogP contribution in [0.3, 0.4) is 0 Å². The van der Waals surface area contributed by atoms with E-state index in [0.29, 0.717) is 0 Å². The lowest BCUT2D eigenvalue weighted by Gasteiger charge is -2.28. The Morgan fingerprint density at radius 1 is 0.383 bits per heavy atom. The smallest absolute Gasteiger partial charge is 0.0541 e. The zero-order valence-electron chi connectivity index (χ0n) is 33.4. The van der Waals surface area contributed by atoms with Crippen LogP contribution < -0.4 is 4.90 Å². The van der Waals surface area contributed by atoms with E-state index in [4.69, 9.17) is 0 Å². The zero-order valence-corrected chi connectivity index (χ0v) is 34.2. The van der Waals surface area contributed by atoms with E-state index in [0.717, 1.165) is 17.1 Å². The minimum atomic E-state index is -0.0987. The topological polar surface area (TPSA) is 8.17 Å². The van der Waals surface area contributed by atoms with Crippen molar-refractivity contribution in [2.24, 2.45) is 0 Å². The molecule has 1 aliphatic carbocycles. The highest BCUT2D eigenvalue weighted by molar-refractivity contribution is 7.25. The van der Waals surface area contributed by atoms with E-state index in [2.05, 4.69) is 230 Å². The molecule has 2 nitrogen and oxygen atoms in total. The summed E-state index contributed by atoms with van der Waals surface area (Å²) in [5.41, 5.74) is 17.3. The number of hydrogen-bond donors (Lipinski definition) is 0. The molecule has 2 heterocycles. The number of anilines is 3. The molecule has 60 heavy (non-hydrogen) atoms. The van der Waals surface area contributed by atoms with Gasteiger partial charge in [-0.3, -0.25) is 0 Å². The lowest BCUT2D eigenvalue weighted by molar-refractivity contribution is 0.660. The molecule has 1 aliphatic rings. The summed E-state index contributed by atoms with van der Waals surface area (Å²) in [6.45, 7) is 4.72. The van der Waals surface area contributed by atoms with E-state index in [1.165, 1.54) is 92.2 Å². The first-order valence-corrected chi connectivity index (χ1v) is 21.6. The van der Waals surface area contributed by atoms with Crippen molar-refractivity contribution >= 4 is 70.4 Å². The van der Waals surface area contributed by atoms with Crippen LogP contribution in [-0.2, 0) is 5.41 Å². The molecule has 2 aromatic heterocycles. The number of fused-ring (bicyclic) bond motifs is 9. The lowest BCUT2D eigenvalue weighted by Crippen LogP contribution is -2.16. The van der Waals surface area contributed by atoms with Crippen molar-refractivity contribution in [3.63, 3.8) is 0 Å². The Bertz CT molecular complexity index is 3450. The Morgan fingerprint density at radius 3 is 1.75 bits per heavy atom. The monoisotopic (exact) mass is 784 g/mol. The van der Waals surface area contributed by atoms with E-state index >= 15 is 0 Å². The summed E-state index contributed by atoms with van der Waals surface area (Å²) in [5, 5.41) is 5.10. The van der Waals surface area contributed by atoms with Crippen LogP contribution in [0.15, 0.2) is 206 Å². The second-order valence-electron chi connectivity index (χ2n) is 16.6. The Labute approximate surface area is 353 Å². The van der Waals surface area contributed by atoms with Crippen LogP contribution in [-0.4, -0.2) is 4.57 Å². The summed E-state index contributed by atoms with van der Waals surface area (Å²) < 4.78 is 4.99. The van der Waals surface area contributed by atoms with Gasteiger partial charge in [0.25, 0.3) is 0 Å². The van der Waals surface area contributed by atoms with Gasteiger partial charge in [-0.2, -0.15) is 0 Å². The minimum Gasteiger partial charge on any atom is -0.310 e. The summed E-state index contributed by atoms with van der Waals surface area (Å²) in [7, 11) is 0. The van der Waals surface area contributed by atoms with Gasteiger partial charge in [-0.05, 0) is 111 Å². The minimum absolute atomic E-state index is 0.0987.